The van der Waals surface area contributed by atoms with Gasteiger partial charge < -0.3 is 10.1 Å². The number of ether oxygens (including phenoxy) is 1. The summed E-state index contributed by atoms with van der Waals surface area (Å²) in [5.74, 6) is 0.343. The van der Waals surface area contributed by atoms with Crippen LogP contribution >= 0.6 is 11.3 Å². The monoisotopic (exact) mass is 385 g/mol. The number of amides is 1. The Hall–Kier alpha value is -2.81. The SMILES string of the molecule is Cc1nonc1OCCNC(=O)C1CCc2sc(-c3ccncc3)nc2C1. The molecular formula is C18H19N5O3S. The van der Waals surface area contributed by atoms with Gasteiger partial charge in [0.15, 0.2) is 0 Å². The van der Waals surface area contributed by atoms with Crippen LogP contribution < -0.4 is 10.1 Å². The van der Waals surface area contributed by atoms with Crippen molar-refractivity contribution in [1.82, 2.24) is 25.6 Å². The molecule has 1 aliphatic rings. The molecule has 0 saturated heterocycles. The number of hydrogen-bond donors (Lipinski definition) is 1. The molecule has 0 aliphatic heterocycles. The van der Waals surface area contributed by atoms with Crippen molar-refractivity contribution in [3.8, 4) is 16.5 Å². The number of carbonyl (C=O) groups is 1. The van der Waals surface area contributed by atoms with Crippen molar-refractivity contribution in [3.63, 3.8) is 0 Å². The second-order valence-corrected chi connectivity index (χ2v) is 7.44. The van der Waals surface area contributed by atoms with Gasteiger partial charge in [-0.3, -0.25) is 9.78 Å². The summed E-state index contributed by atoms with van der Waals surface area (Å²) in [5, 5.41) is 11.2. The van der Waals surface area contributed by atoms with Gasteiger partial charge in [0, 0.05) is 35.2 Å². The normalized spacial score (nSPS) is 16.0. The lowest BCUT2D eigenvalue weighted by Gasteiger charge is -2.20. The van der Waals surface area contributed by atoms with Crippen LogP contribution in [0.25, 0.3) is 10.6 Å². The van der Waals surface area contributed by atoms with E-state index in [1.807, 2.05) is 12.1 Å². The van der Waals surface area contributed by atoms with Crippen molar-refractivity contribution in [3.05, 3.63) is 40.8 Å². The molecule has 1 aliphatic carbocycles. The van der Waals surface area contributed by atoms with E-state index < -0.39 is 0 Å². The molecule has 1 unspecified atom stereocenters. The van der Waals surface area contributed by atoms with E-state index in [2.05, 4.69) is 25.2 Å². The Morgan fingerprint density at radius 3 is 3.00 bits per heavy atom. The summed E-state index contributed by atoms with van der Waals surface area (Å²) in [6, 6.07) is 3.92. The smallest absolute Gasteiger partial charge is 0.278 e. The van der Waals surface area contributed by atoms with E-state index >= 15 is 0 Å². The first kappa shape index (κ1) is 17.6. The topological polar surface area (TPSA) is 103 Å². The van der Waals surface area contributed by atoms with E-state index in [1.54, 1.807) is 30.7 Å². The lowest BCUT2D eigenvalue weighted by Crippen LogP contribution is -2.36. The molecule has 0 saturated carbocycles. The van der Waals surface area contributed by atoms with Crippen molar-refractivity contribution in [2.75, 3.05) is 13.2 Å². The highest BCUT2D eigenvalue weighted by Gasteiger charge is 2.27. The van der Waals surface area contributed by atoms with E-state index in [4.69, 9.17) is 9.72 Å². The van der Waals surface area contributed by atoms with Crippen LogP contribution in [0.5, 0.6) is 5.88 Å². The van der Waals surface area contributed by atoms with Gasteiger partial charge in [0.25, 0.3) is 5.88 Å². The van der Waals surface area contributed by atoms with Crippen LogP contribution in [0, 0.1) is 12.8 Å². The van der Waals surface area contributed by atoms with Gasteiger partial charge in [-0.15, -0.1) is 11.3 Å². The predicted molar refractivity (Wildman–Crippen MR) is 98.4 cm³/mol. The zero-order valence-electron chi connectivity index (χ0n) is 14.8. The van der Waals surface area contributed by atoms with Crippen LogP contribution in [0.4, 0.5) is 0 Å². The number of hydrogen-bond acceptors (Lipinski definition) is 8. The Morgan fingerprint density at radius 2 is 2.22 bits per heavy atom. The van der Waals surface area contributed by atoms with E-state index in [-0.39, 0.29) is 11.8 Å². The second-order valence-electron chi connectivity index (χ2n) is 6.36. The average molecular weight is 385 g/mol. The molecule has 27 heavy (non-hydrogen) atoms. The first-order valence-electron chi connectivity index (χ1n) is 8.79. The Kier molecular flexibility index (Phi) is 5.10. The lowest BCUT2D eigenvalue weighted by atomic mass is 9.90. The van der Waals surface area contributed by atoms with Gasteiger partial charge in [0.1, 0.15) is 17.3 Å². The summed E-state index contributed by atoms with van der Waals surface area (Å²) < 4.78 is 9.99. The Balaban J connectivity index is 1.30. The zero-order valence-corrected chi connectivity index (χ0v) is 15.7. The minimum absolute atomic E-state index is 0.0395. The number of nitrogens with zero attached hydrogens (tertiary/aromatic N) is 4. The number of thiazole rings is 1. The fraction of sp³-hybridized carbons (Fsp3) is 0.389. The standard InChI is InChI=1S/C18H19N5O3S/c1-11-17(23-26-22-11)25-9-8-20-16(24)13-2-3-15-14(10-13)21-18(27-15)12-4-6-19-7-5-12/h4-7,13H,2-3,8-10H2,1H3,(H,20,24). The molecule has 1 N–H and O–H groups in total. The van der Waals surface area contributed by atoms with Crippen LogP contribution in [0.3, 0.4) is 0 Å². The molecule has 9 heteroatoms. The largest absolute Gasteiger partial charge is 0.472 e. The highest BCUT2D eigenvalue weighted by Crippen LogP contribution is 2.34. The van der Waals surface area contributed by atoms with Crippen LogP contribution in [-0.2, 0) is 17.6 Å². The minimum Gasteiger partial charge on any atom is -0.472 e. The van der Waals surface area contributed by atoms with Crippen molar-refractivity contribution in [1.29, 1.82) is 0 Å². The molecule has 0 bridgehead atoms. The van der Waals surface area contributed by atoms with E-state index in [9.17, 15) is 4.79 Å². The summed E-state index contributed by atoms with van der Waals surface area (Å²) in [7, 11) is 0. The fourth-order valence-electron chi connectivity index (χ4n) is 3.04. The number of carbonyl (C=O) groups excluding carboxylic acids is 1. The lowest BCUT2D eigenvalue weighted by molar-refractivity contribution is -0.125. The maximum absolute atomic E-state index is 12.5. The van der Waals surface area contributed by atoms with Gasteiger partial charge in [0.05, 0.1) is 12.2 Å². The summed E-state index contributed by atoms with van der Waals surface area (Å²) in [5.41, 5.74) is 2.70. The number of pyridine rings is 1. The molecule has 1 amide bonds. The summed E-state index contributed by atoms with van der Waals surface area (Å²) in [4.78, 5) is 22.5. The maximum atomic E-state index is 12.5. The molecular weight excluding hydrogens is 366 g/mol. The van der Waals surface area contributed by atoms with Crippen LogP contribution in [-0.4, -0.2) is 39.3 Å². The Morgan fingerprint density at radius 1 is 1.37 bits per heavy atom. The van der Waals surface area contributed by atoms with Crippen molar-refractivity contribution >= 4 is 17.2 Å². The molecule has 1 atom stereocenters. The molecule has 140 valence electrons. The van der Waals surface area contributed by atoms with Gasteiger partial charge in [-0.05, 0) is 37.1 Å². The Labute approximate surface area is 160 Å². The van der Waals surface area contributed by atoms with E-state index in [1.165, 1.54) is 4.88 Å². The first-order chi connectivity index (χ1) is 13.2. The second kappa shape index (κ2) is 7.83. The molecule has 3 heterocycles. The summed E-state index contributed by atoms with van der Waals surface area (Å²) in [6.45, 7) is 2.48. The van der Waals surface area contributed by atoms with Crippen molar-refractivity contribution in [2.24, 2.45) is 5.92 Å². The van der Waals surface area contributed by atoms with Gasteiger partial charge in [0.2, 0.25) is 5.91 Å². The fourth-order valence-corrected chi connectivity index (χ4v) is 4.15. The molecule has 0 fully saturated rings. The minimum atomic E-state index is -0.0552. The number of nitrogens with one attached hydrogen (secondary N) is 1. The number of aryl methyl sites for hydroxylation is 2. The zero-order chi connectivity index (χ0) is 18.6. The number of aromatic nitrogens is 4. The van der Waals surface area contributed by atoms with E-state index in [0.717, 1.165) is 29.1 Å². The molecule has 3 aromatic rings. The third-order valence-electron chi connectivity index (χ3n) is 4.49. The van der Waals surface area contributed by atoms with Gasteiger partial charge in [-0.25, -0.2) is 9.61 Å². The number of rotatable bonds is 6. The third kappa shape index (κ3) is 3.97. The van der Waals surface area contributed by atoms with Crippen molar-refractivity contribution in [2.45, 2.75) is 26.2 Å². The molecule has 0 radical (unpaired) electrons. The average Bonchev–Trinajstić information content (AvgIpc) is 3.31. The predicted octanol–water partition coefficient (Wildman–Crippen LogP) is 2.20. The summed E-state index contributed by atoms with van der Waals surface area (Å²) in [6.07, 6.45) is 5.94. The quantitative estimate of drug-likeness (QED) is 0.649. The highest BCUT2D eigenvalue weighted by molar-refractivity contribution is 7.15. The van der Waals surface area contributed by atoms with E-state index in [0.29, 0.717) is 31.1 Å². The van der Waals surface area contributed by atoms with Crippen LogP contribution in [0.15, 0.2) is 29.2 Å². The molecule has 3 aromatic heterocycles. The van der Waals surface area contributed by atoms with Gasteiger partial charge in [-0.2, -0.15) is 0 Å². The van der Waals surface area contributed by atoms with Crippen molar-refractivity contribution < 1.29 is 14.2 Å². The first-order valence-corrected chi connectivity index (χ1v) is 9.61. The molecule has 0 aromatic carbocycles. The maximum Gasteiger partial charge on any atom is 0.278 e. The molecule has 8 nitrogen and oxygen atoms in total. The third-order valence-corrected chi connectivity index (χ3v) is 5.69. The Bertz CT molecular complexity index is 924. The number of fused-ring (bicyclic) bond motifs is 1. The highest BCUT2D eigenvalue weighted by atomic mass is 32.1. The van der Waals surface area contributed by atoms with Crippen LogP contribution in [0.2, 0.25) is 0 Å². The molecule has 4 rings (SSSR count). The summed E-state index contributed by atoms with van der Waals surface area (Å²) >= 11 is 1.71. The van der Waals surface area contributed by atoms with Gasteiger partial charge in [-0.1, -0.05) is 5.16 Å². The molecule has 0 spiro atoms. The van der Waals surface area contributed by atoms with Crippen LogP contribution in [0.1, 0.15) is 22.7 Å². The van der Waals surface area contributed by atoms with Gasteiger partial charge >= 0.3 is 0 Å².